The molecule has 0 saturated heterocycles. The van der Waals surface area contributed by atoms with Crippen LogP contribution < -0.4 is 0 Å². The van der Waals surface area contributed by atoms with Gasteiger partial charge in [0.1, 0.15) is 11.5 Å². The van der Waals surface area contributed by atoms with Crippen LogP contribution >= 0.6 is 11.8 Å². The van der Waals surface area contributed by atoms with Gasteiger partial charge in [0.25, 0.3) is 0 Å². The van der Waals surface area contributed by atoms with Crippen LogP contribution in [0.1, 0.15) is 95.0 Å². The molecule has 0 saturated carbocycles. The number of ketones is 1. The molecule has 0 aliphatic rings. The van der Waals surface area contributed by atoms with Crippen LogP contribution in [0.25, 0.3) is 0 Å². The van der Waals surface area contributed by atoms with Crippen molar-refractivity contribution in [2.75, 3.05) is 0 Å². The maximum atomic E-state index is 12.7. The van der Waals surface area contributed by atoms with Crippen molar-refractivity contribution in [3.05, 3.63) is 94.5 Å². The lowest BCUT2D eigenvalue weighted by Crippen LogP contribution is -2.17. The number of hydrogen-bond donors (Lipinski definition) is 1. The fourth-order valence-corrected chi connectivity index (χ4v) is 5.37. The Morgan fingerprint density at radius 2 is 1.21 bits per heavy atom. The van der Waals surface area contributed by atoms with Crippen molar-refractivity contribution in [2.24, 2.45) is 0 Å². The van der Waals surface area contributed by atoms with E-state index in [0.29, 0.717) is 37.9 Å². The first-order valence-corrected chi connectivity index (χ1v) is 14.4. The summed E-state index contributed by atoms with van der Waals surface area (Å²) in [5.41, 5.74) is 4.81. The molecule has 0 heterocycles. The molecule has 0 unspecified atom stereocenters. The summed E-state index contributed by atoms with van der Waals surface area (Å²) in [7, 11) is 0. The Kier molecular flexibility index (Phi) is 10.0. The summed E-state index contributed by atoms with van der Waals surface area (Å²) in [6.07, 6.45) is 3.67. The van der Waals surface area contributed by atoms with E-state index in [0.717, 1.165) is 28.0 Å². The number of thioether (sulfide) groups is 1. The average Bonchev–Trinajstić information content (AvgIpc) is 2.83. The van der Waals surface area contributed by atoms with Crippen LogP contribution in [0.5, 0.6) is 5.75 Å². The largest absolute Gasteiger partial charge is 0.507 e. The smallest absolute Gasteiger partial charge is 0.193 e. The molecule has 3 nitrogen and oxygen atoms in total. The number of benzene rings is 3. The van der Waals surface area contributed by atoms with Gasteiger partial charge < -0.3 is 5.11 Å². The number of aromatic hydroxyl groups is 1. The molecule has 0 radical (unpaired) electrons. The van der Waals surface area contributed by atoms with E-state index in [2.05, 4.69) is 65.8 Å². The molecule has 3 rings (SSSR count). The Balaban J connectivity index is 1.47. The molecule has 1 N–H and O–H groups in total. The zero-order valence-corrected chi connectivity index (χ0v) is 24.6. The topological polar surface area (TPSA) is 54.4 Å². The predicted octanol–water partition coefficient (Wildman–Crippen LogP) is 8.57. The van der Waals surface area contributed by atoms with Gasteiger partial charge in [-0.1, -0.05) is 108 Å². The second-order valence-electron chi connectivity index (χ2n) is 12.2. The zero-order valence-electron chi connectivity index (χ0n) is 23.8. The Morgan fingerprint density at radius 1 is 0.711 bits per heavy atom. The summed E-state index contributed by atoms with van der Waals surface area (Å²) >= 11 is 1.24. The molecular formula is C34H42O3S. The van der Waals surface area contributed by atoms with Gasteiger partial charge in [0.05, 0.1) is 0 Å². The lowest BCUT2D eigenvalue weighted by molar-refractivity contribution is -0.118. The highest BCUT2D eigenvalue weighted by atomic mass is 32.2. The van der Waals surface area contributed by atoms with Crippen LogP contribution in [0.3, 0.4) is 0 Å². The van der Waals surface area contributed by atoms with Gasteiger partial charge in [-0.05, 0) is 58.9 Å². The van der Waals surface area contributed by atoms with Crippen molar-refractivity contribution in [1.29, 1.82) is 0 Å². The van der Waals surface area contributed by atoms with Crippen LogP contribution in [0.15, 0.2) is 71.6 Å². The lowest BCUT2D eigenvalue weighted by atomic mass is 9.79. The van der Waals surface area contributed by atoms with Crippen LogP contribution in [0.2, 0.25) is 0 Å². The minimum Gasteiger partial charge on any atom is -0.507 e. The zero-order chi connectivity index (χ0) is 27.9. The lowest BCUT2D eigenvalue weighted by Gasteiger charge is -2.28. The maximum absolute atomic E-state index is 12.7. The molecule has 0 amide bonds. The third-order valence-electron chi connectivity index (χ3n) is 6.69. The number of rotatable bonds is 10. The normalized spacial score (nSPS) is 11.9. The molecule has 3 aromatic carbocycles. The van der Waals surface area contributed by atoms with E-state index < -0.39 is 0 Å². The second kappa shape index (κ2) is 12.8. The molecule has 0 aromatic heterocycles. The molecule has 38 heavy (non-hydrogen) atoms. The minimum absolute atomic E-state index is 0.0943. The molecule has 202 valence electrons. The van der Waals surface area contributed by atoms with Crippen LogP contribution in [-0.4, -0.2) is 16.0 Å². The van der Waals surface area contributed by atoms with Crippen LogP contribution in [0, 0.1) is 0 Å². The van der Waals surface area contributed by atoms with Crippen molar-refractivity contribution < 1.29 is 14.7 Å². The Labute approximate surface area is 233 Å². The number of phenols is 1. The second-order valence-corrected chi connectivity index (χ2v) is 13.4. The number of Topliss-reactive ketones (excluding diaryl/α,β-unsaturated/α-hetero) is 1. The van der Waals surface area contributed by atoms with E-state index in [-0.39, 0.29) is 21.7 Å². The van der Waals surface area contributed by atoms with Crippen molar-refractivity contribution in [3.8, 4) is 5.75 Å². The SMILES string of the molecule is CC(C)(C)c1cc(SC(=O)CCCCC(=O)Cc2ccc(Cc3ccccc3)cc2)cc(C(C)(C)C)c1O. The first kappa shape index (κ1) is 29.7. The highest BCUT2D eigenvalue weighted by Crippen LogP contribution is 2.42. The maximum Gasteiger partial charge on any atom is 0.193 e. The van der Waals surface area contributed by atoms with Gasteiger partial charge >= 0.3 is 0 Å². The van der Waals surface area contributed by atoms with Crippen molar-refractivity contribution in [1.82, 2.24) is 0 Å². The van der Waals surface area contributed by atoms with Gasteiger partial charge in [-0.2, -0.15) is 0 Å². The predicted molar refractivity (Wildman–Crippen MR) is 159 cm³/mol. The van der Waals surface area contributed by atoms with Crippen LogP contribution in [-0.2, 0) is 33.3 Å². The van der Waals surface area contributed by atoms with Crippen molar-refractivity contribution in [2.45, 2.75) is 95.8 Å². The minimum atomic E-state index is -0.230. The van der Waals surface area contributed by atoms with E-state index in [1.807, 2.05) is 42.5 Å². The summed E-state index contributed by atoms with van der Waals surface area (Å²) in [5, 5.41) is 11.0. The van der Waals surface area contributed by atoms with Gasteiger partial charge in [-0.25, -0.2) is 0 Å². The van der Waals surface area contributed by atoms with E-state index in [1.165, 1.54) is 22.9 Å². The van der Waals surface area contributed by atoms with Gasteiger partial charge in [0.15, 0.2) is 5.12 Å². The highest BCUT2D eigenvalue weighted by molar-refractivity contribution is 8.13. The van der Waals surface area contributed by atoms with Crippen molar-refractivity contribution in [3.63, 3.8) is 0 Å². The first-order valence-electron chi connectivity index (χ1n) is 13.5. The first-order chi connectivity index (χ1) is 17.8. The van der Waals surface area contributed by atoms with Gasteiger partial charge in [-0.15, -0.1) is 0 Å². The number of hydrogen-bond acceptors (Lipinski definition) is 4. The summed E-state index contributed by atoms with van der Waals surface area (Å²) in [5.74, 6) is 0.537. The summed E-state index contributed by atoms with van der Waals surface area (Å²) < 4.78 is 0. The third kappa shape index (κ3) is 8.87. The number of carbonyl (C=O) groups excluding carboxylic acids is 2. The number of carbonyl (C=O) groups is 2. The van der Waals surface area contributed by atoms with E-state index in [1.54, 1.807) is 0 Å². The molecule has 0 spiro atoms. The molecule has 0 aliphatic carbocycles. The summed E-state index contributed by atoms with van der Waals surface area (Å²) in [4.78, 5) is 26.1. The Hall–Kier alpha value is -2.85. The summed E-state index contributed by atoms with van der Waals surface area (Å²) in [6, 6.07) is 22.6. The fourth-order valence-electron chi connectivity index (χ4n) is 4.51. The van der Waals surface area contributed by atoms with Gasteiger partial charge in [0.2, 0.25) is 0 Å². The quantitative estimate of drug-likeness (QED) is 0.211. The van der Waals surface area contributed by atoms with Crippen molar-refractivity contribution >= 4 is 22.7 Å². The van der Waals surface area contributed by atoms with E-state index in [9.17, 15) is 14.7 Å². The monoisotopic (exact) mass is 530 g/mol. The molecule has 0 atom stereocenters. The number of phenolic OH excluding ortho intramolecular Hbond substituents is 1. The van der Waals surface area contributed by atoms with E-state index in [4.69, 9.17) is 0 Å². The molecule has 4 heteroatoms. The van der Waals surface area contributed by atoms with E-state index >= 15 is 0 Å². The summed E-state index contributed by atoms with van der Waals surface area (Å²) in [6.45, 7) is 12.4. The third-order valence-corrected chi connectivity index (χ3v) is 7.60. The highest BCUT2D eigenvalue weighted by Gasteiger charge is 2.27. The van der Waals surface area contributed by atoms with Crippen LogP contribution in [0.4, 0.5) is 0 Å². The average molecular weight is 531 g/mol. The number of unbranched alkanes of at least 4 members (excludes halogenated alkanes) is 1. The molecule has 3 aromatic rings. The molecule has 0 bridgehead atoms. The Morgan fingerprint density at radius 3 is 1.76 bits per heavy atom. The van der Waals surface area contributed by atoms with Gasteiger partial charge in [-0.3, -0.25) is 9.59 Å². The molecule has 0 fully saturated rings. The Bertz CT molecular complexity index is 1190. The fraction of sp³-hybridized carbons (Fsp3) is 0.412. The molecular weight excluding hydrogens is 488 g/mol. The van der Waals surface area contributed by atoms with Gasteiger partial charge in [0, 0.05) is 35.3 Å². The molecule has 0 aliphatic heterocycles. The standard InChI is InChI=1S/C34H42O3S/c1-33(2,3)29-22-28(23-30(32(29)37)34(4,5)6)38-31(36)15-11-10-14-27(35)21-26-18-16-25(17-19-26)20-24-12-8-7-9-13-24/h7-9,12-13,16-19,22-23,37H,10-11,14-15,20-21H2,1-6H3.